The van der Waals surface area contributed by atoms with Gasteiger partial charge in [0.25, 0.3) is 0 Å². The van der Waals surface area contributed by atoms with Crippen LogP contribution in [0.15, 0.2) is 12.1 Å². The molecule has 0 aromatic heterocycles. The smallest absolute Gasteiger partial charge is 0.161 e. The molecule has 0 spiro atoms. The Bertz CT molecular complexity index is 351. The van der Waals surface area contributed by atoms with Gasteiger partial charge in [-0.25, -0.2) is 0 Å². The van der Waals surface area contributed by atoms with E-state index < -0.39 is 0 Å². The predicted octanol–water partition coefficient (Wildman–Crippen LogP) is 2.19. The lowest BCUT2D eigenvalue weighted by molar-refractivity contribution is 0.279. The molecule has 0 atom stereocenters. The summed E-state index contributed by atoms with van der Waals surface area (Å²) in [5, 5.41) is 19.0. The van der Waals surface area contributed by atoms with Crippen LogP contribution in [0.4, 0.5) is 0 Å². The molecule has 0 aliphatic heterocycles. The van der Waals surface area contributed by atoms with Crippen LogP contribution in [0.2, 0.25) is 0 Å². The highest BCUT2D eigenvalue weighted by molar-refractivity contribution is 5.51. The van der Waals surface area contributed by atoms with E-state index in [1.165, 1.54) is 7.11 Å². The van der Waals surface area contributed by atoms with Gasteiger partial charge >= 0.3 is 0 Å². The number of rotatable bonds is 2. The van der Waals surface area contributed by atoms with Gasteiger partial charge in [0.2, 0.25) is 0 Å². The van der Waals surface area contributed by atoms with E-state index in [-0.39, 0.29) is 17.8 Å². The fraction of sp³-hybridized carbons (Fsp3) is 0.500. The highest BCUT2D eigenvalue weighted by atomic mass is 16.5. The number of phenolic OH excluding ortho intramolecular Hbond substituents is 1. The SMILES string of the molecule is COc1cc(CO)cc(C(C)(C)C)c1O. The summed E-state index contributed by atoms with van der Waals surface area (Å²) in [7, 11) is 1.50. The maximum Gasteiger partial charge on any atom is 0.161 e. The van der Waals surface area contributed by atoms with Crippen LogP contribution in [0, 0.1) is 0 Å². The summed E-state index contributed by atoms with van der Waals surface area (Å²) in [6.45, 7) is 5.95. The molecule has 1 rings (SSSR count). The Balaban J connectivity index is 3.37. The van der Waals surface area contributed by atoms with E-state index in [1.807, 2.05) is 20.8 Å². The normalized spacial score (nSPS) is 11.5. The minimum Gasteiger partial charge on any atom is -0.504 e. The third kappa shape index (κ3) is 2.42. The molecule has 0 fully saturated rings. The number of methoxy groups -OCH3 is 1. The van der Waals surface area contributed by atoms with Crippen LogP contribution in [0.1, 0.15) is 31.9 Å². The van der Waals surface area contributed by atoms with E-state index in [1.54, 1.807) is 12.1 Å². The van der Waals surface area contributed by atoms with Crippen LogP contribution in [0.3, 0.4) is 0 Å². The molecule has 1 aromatic rings. The number of aliphatic hydroxyl groups excluding tert-OH is 1. The summed E-state index contributed by atoms with van der Waals surface area (Å²) in [5.41, 5.74) is 1.35. The van der Waals surface area contributed by atoms with Crippen molar-refractivity contribution < 1.29 is 14.9 Å². The average molecular weight is 210 g/mol. The quantitative estimate of drug-likeness (QED) is 0.786. The monoisotopic (exact) mass is 210 g/mol. The van der Waals surface area contributed by atoms with Crippen molar-refractivity contribution in [1.29, 1.82) is 0 Å². The molecule has 15 heavy (non-hydrogen) atoms. The van der Waals surface area contributed by atoms with Crippen LogP contribution in [0.25, 0.3) is 0 Å². The second-order valence-corrected chi connectivity index (χ2v) is 4.60. The molecule has 0 unspecified atom stereocenters. The fourth-order valence-corrected chi connectivity index (χ4v) is 1.48. The summed E-state index contributed by atoms with van der Waals surface area (Å²) in [6, 6.07) is 3.45. The maximum atomic E-state index is 9.94. The van der Waals surface area contributed by atoms with Gasteiger partial charge in [-0.15, -0.1) is 0 Å². The van der Waals surface area contributed by atoms with E-state index in [9.17, 15) is 5.11 Å². The number of hydrogen-bond acceptors (Lipinski definition) is 3. The zero-order valence-electron chi connectivity index (χ0n) is 9.66. The molecule has 0 saturated carbocycles. The Kier molecular flexibility index (Phi) is 3.25. The van der Waals surface area contributed by atoms with E-state index >= 15 is 0 Å². The van der Waals surface area contributed by atoms with E-state index in [4.69, 9.17) is 9.84 Å². The fourth-order valence-electron chi connectivity index (χ4n) is 1.48. The van der Waals surface area contributed by atoms with Crippen LogP contribution in [0.5, 0.6) is 11.5 Å². The predicted molar refractivity (Wildman–Crippen MR) is 59.3 cm³/mol. The van der Waals surface area contributed by atoms with Gasteiger partial charge in [-0.1, -0.05) is 20.8 Å². The first-order chi connectivity index (χ1) is 6.90. The van der Waals surface area contributed by atoms with Crippen LogP contribution in [-0.2, 0) is 12.0 Å². The van der Waals surface area contributed by atoms with E-state index in [0.29, 0.717) is 5.75 Å². The molecule has 0 heterocycles. The van der Waals surface area contributed by atoms with Gasteiger partial charge in [-0.2, -0.15) is 0 Å². The Morgan fingerprint density at radius 3 is 2.27 bits per heavy atom. The molecule has 2 N–H and O–H groups in total. The molecular formula is C12H18O3. The number of aromatic hydroxyl groups is 1. The van der Waals surface area contributed by atoms with Crippen molar-refractivity contribution in [3.05, 3.63) is 23.3 Å². The molecular weight excluding hydrogens is 192 g/mol. The van der Waals surface area contributed by atoms with E-state index in [2.05, 4.69) is 0 Å². The van der Waals surface area contributed by atoms with Gasteiger partial charge in [0.1, 0.15) is 0 Å². The topological polar surface area (TPSA) is 49.7 Å². The van der Waals surface area contributed by atoms with Crippen molar-refractivity contribution >= 4 is 0 Å². The van der Waals surface area contributed by atoms with E-state index in [0.717, 1.165) is 11.1 Å². The lowest BCUT2D eigenvalue weighted by Gasteiger charge is -2.22. The number of aliphatic hydroxyl groups is 1. The average Bonchev–Trinajstić information content (AvgIpc) is 2.16. The minimum atomic E-state index is -0.178. The van der Waals surface area contributed by atoms with Crippen molar-refractivity contribution in [2.45, 2.75) is 32.8 Å². The zero-order chi connectivity index (χ0) is 11.6. The molecule has 0 radical (unpaired) electrons. The van der Waals surface area contributed by atoms with Crippen molar-refractivity contribution in [3.8, 4) is 11.5 Å². The second-order valence-electron chi connectivity index (χ2n) is 4.60. The summed E-state index contributed by atoms with van der Waals surface area (Å²) in [4.78, 5) is 0. The molecule has 1 aromatic carbocycles. The molecule has 0 bridgehead atoms. The number of hydrogen-bond donors (Lipinski definition) is 2. The molecule has 3 heteroatoms. The van der Waals surface area contributed by atoms with Crippen LogP contribution >= 0.6 is 0 Å². The van der Waals surface area contributed by atoms with Crippen LogP contribution < -0.4 is 4.74 Å². The van der Waals surface area contributed by atoms with Gasteiger partial charge in [-0.05, 0) is 23.1 Å². The summed E-state index contributed by atoms with van der Waals surface area (Å²) >= 11 is 0. The third-order valence-corrected chi connectivity index (χ3v) is 2.35. The molecule has 0 aliphatic rings. The lowest BCUT2D eigenvalue weighted by atomic mass is 9.85. The van der Waals surface area contributed by atoms with Crippen molar-refractivity contribution in [1.82, 2.24) is 0 Å². The highest BCUT2D eigenvalue weighted by Gasteiger charge is 2.21. The summed E-state index contributed by atoms with van der Waals surface area (Å²) in [6.07, 6.45) is 0. The summed E-state index contributed by atoms with van der Waals surface area (Å²) < 4.78 is 5.06. The van der Waals surface area contributed by atoms with Crippen molar-refractivity contribution in [2.24, 2.45) is 0 Å². The largest absolute Gasteiger partial charge is 0.504 e. The maximum absolute atomic E-state index is 9.94. The molecule has 3 nitrogen and oxygen atoms in total. The lowest BCUT2D eigenvalue weighted by Crippen LogP contribution is -2.12. The zero-order valence-corrected chi connectivity index (χ0v) is 9.66. The Labute approximate surface area is 90.3 Å². The molecule has 0 amide bonds. The number of phenols is 1. The molecule has 0 saturated heterocycles. The molecule has 84 valence electrons. The van der Waals surface area contributed by atoms with Gasteiger partial charge in [-0.3, -0.25) is 0 Å². The first kappa shape index (κ1) is 11.9. The van der Waals surface area contributed by atoms with Crippen molar-refractivity contribution in [2.75, 3.05) is 7.11 Å². The Morgan fingerprint density at radius 1 is 1.27 bits per heavy atom. The van der Waals surface area contributed by atoms with Gasteiger partial charge in [0, 0.05) is 5.56 Å². The molecule has 0 aliphatic carbocycles. The van der Waals surface area contributed by atoms with Gasteiger partial charge < -0.3 is 14.9 Å². The Hall–Kier alpha value is -1.22. The van der Waals surface area contributed by atoms with Gasteiger partial charge in [0.05, 0.1) is 13.7 Å². The van der Waals surface area contributed by atoms with Gasteiger partial charge in [0.15, 0.2) is 11.5 Å². The highest BCUT2D eigenvalue weighted by Crippen LogP contribution is 2.38. The number of benzene rings is 1. The second kappa shape index (κ2) is 4.11. The standard InChI is InChI=1S/C12H18O3/c1-12(2,3)9-5-8(7-13)6-10(15-4)11(9)14/h5-6,13-14H,7H2,1-4H3. The minimum absolute atomic E-state index is 0.0558. The Morgan fingerprint density at radius 2 is 1.87 bits per heavy atom. The first-order valence-corrected chi connectivity index (χ1v) is 4.91. The number of ether oxygens (including phenoxy) is 1. The summed E-state index contributed by atoms with van der Waals surface area (Å²) in [5.74, 6) is 0.564. The van der Waals surface area contributed by atoms with Crippen LogP contribution in [-0.4, -0.2) is 17.3 Å². The third-order valence-electron chi connectivity index (χ3n) is 2.35. The first-order valence-electron chi connectivity index (χ1n) is 4.91. The van der Waals surface area contributed by atoms with Crippen molar-refractivity contribution in [3.63, 3.8) is 0 Å².